The van der Waals surface area contributed by atoms with Gasteiger partial charge in [-0.25, -0.2) is 18.7 Å². The van der Waals surface area contributed by atoms with E-state index in [9.17, 15) is 13.6 Å². The summed E-state index contributed by atoms with van der Waals surface area (Å²) in [5, 5.41) is 11.0. The Morgan fingerprint density at radius 3 is 2.58 bits per heavy atom. The lowest BCUT2D eigenvalue weighted by molar-refractivity contribution is -0.0462. The molecule has 0 bridgehead atoms. The molecule has 0 aliphatic carbocycles. The van der Waals surface area contributed by atoms with Crippen LogP contribution in [0.25, 0.3) is 0 Å². The molecule has 0 spiro atoms. The molecular formula is C11H15F2N3O2S. The van der Waals surface area contributed by atoms with Gasteiger partial charge in [0.05, 0.1) is 17.8 Å². The second-order valence-electron chi connectivity index (χ2n) is 3.94. The lowest BCUT2D eigenvalue weighted by atomic mass is 10.2. The number of aromatic nitrogens is 2. The Kier molecular flexibility index (Phi) is 5.19. The molecule has 8 heteroatoms. The molecule has 1 aromatic heterocycles. The maximum absolute atomic E-state index is 12.9. The van der Waals surface area contributed by atoms with Gasteiger partial charge in [-0.1, -0.05) is 0 Å². The Morgan fingerprint density at radius 1 is 1.42 bits per heavy atom. The summed E-state index contributed by atoms with van der Waals surface area (Å²) in [4.78, 5) is 20.0. The highest BCUT2D eigenvalue weighted by atomic mass is 32.2. The molecule has 1 rings (SSSR count). The van der Waals surface area contributed by atoms with Crippen molar-refractivity contribution in [1.29, 1.82) is 0 Å². The minimum atomic E-state index is -3.34. The normalized spacial score (nSPS) is 11.5. The second kappa shape index (κ2) is 6.25. The van der Waals surface area contributed by atoms with Crippen LogP contribution in [0.5, 0.6) is 0 Å². The van der Waals surface area contributed by atoms with Crippen molar-refractivity contribution < 1.29 is 18.7 Å². The minimum Gasteiger partial charge on any atom is -0.390 e. The van der Waals surface area contributed by atoms with Crippen LogP contribution in [0.3, 0.4) is 0 Å². The number of halogens is 2. The summed E-state index contributed by atoms with van der Waals surface area (Å²) >= 11 is 1.24. The summed E-state index contributed by atoms with van der Waals surface area (Å²) in [7, 11) is 0. The smallest absolute Gasteiger partial charge is 0.287 e. The number of thioether (sulfide) groups is 1. The van der Waals surface area contributed by atoms with Gasteiger partial charge >= 0.3 is 0 Å². The van der Waals surface area contributed by atoms with Gasteiger partial charge in [0.1, 0.15) is 17.5 Å². The molecule has 106 valence electrons. The number of hydrogen-bond acceptors (Lipinski definition) is 5. The van der Waals surface area contributed by atoms with Gasteiger partial charge in [0, 0.05) is 0 Å². The number of aliphatic hydroxyl groups is 1. The number of aliphatic hydroxyl groups excluding tert-OH is 1. The standard InChI is InChI=1S/C11H15F2N3O2S/c1-6-8(10(19-3)16-7(2)15-6)9(18)14-4-11(12,13)5-17/h17H,4-5H2,1-3H3,(H,14,18). The van der Waals surface area contributed by atoms with Gasteiger partial charge in [-0.15, -0.1) is 11.8 Å². The van der Waals surface area contributed by atoms with Crippen LogP contribution in [0.15, 0.2) is 5.03 Å². The van der Waals surface area contributed by atoms with E-state index in [4.69, 9.17) is 5.11 Å². The van der Waals surface area contributed by atoms with E-state index in [1.807, 2.05) is 0 Å². The molecule has 1 amide bonds. The van der Waals surface area contributed by atoms with Crippen molar-refractivity contribution in [3.8, 4) is 0 Å². The van der Waals surface area contributed by atoms with Crippen LogP contribution in [0.2, 0.25) is 0 Å². The van der Waals surface area contributed by atoms with Gasteiger partial charge in [-0.05, 0) is 20.1 Å². The number of hydrogen-bond donors (Lipinski definition) is 2. The third-order valence-electron chi connectivity index (χ3n) is 2.33. The molecule has 0 aliphatic rings. The van der Waals surface area contributed by atoms with E-state index in [0.29, 0.717) is 16.5 Å². The Morgan fingerprint density at radius 2 is 2.05 bits per heavy atom. The van der Waals surface area contributed by atoms with Crippen LogP contribution in [-0.4, -0.2) is 46.3 Å². The third-order valence-corrected chi connectivity index (χ3v) is 3.01. The van der Waals surface area contributed by atoms with Gasteiger partial charge in [0.15, 0.2) is 0 Å². The highest BCUT2D eigenvalue weighted by molar-refractivity contribution is 7.98. The second-order valence-corrected chi connectivity index (χ2v) is 4.73. The summed E-state index contributed by atoms with van der Waals surface area (Å²) in [5.74, 6) is -3.50. The largest absolute Gasteiger partial charge is 0.390 e. The minimum absolute atomic E-state index is 0.187. The Labute approximate surface area is 113 Å². The average molecular weight is 291 g/mol. The topological polar surface area (TPSA) is 75.1 Å². The molecule has 0 saturated heterocycles. The monoisotopic (exact) mass is 291 g/mol. The van der Waals surface area contributed by atoms with E-state index < -0.39 is 25.0 Å². The first kappa shape index (κ1) is 15.8. The number of carbonyl (C=O) groups is 1. The van der Waals surface area contributed by atoms with Crippen LogP contribution >= 0.6 is 11.8 Å². The van der Waals surface area contributed by atoms with Crippen molar-refractivity contribution in [1.82, 2.24) is 15.3 Å². The molecule has 0 atom stereocenters. The number of nitrogens with one attached hydrogen (secondary N) is 1. The summed E-state index contributed by atoms with van der Waals surface area (Å²) in [5.41, 5.74) is 0.619. The van der Waals surface area contributed by atoms with E-state index in [-0.39, 0.29) is 5.56 Å². The molecule has 19 heavy (non-hydrogen) atoms. The Bertz CT molecular complexity index is 483. The van der Waals surface area contributed by atoms with Crippen LogP contribution in [0.1, 0.15) is 21.9 Å². The van der Waals surface area contributed by atoms with Gasteiger partial charge in [0.25, 0.3) is 11.8 Å². The average Bonchev–Trinajstić information content (AvgIpc) is 2.35. The lowest BCUT2D eigenvalue weighted by Gasteiger charge is -2.15. The molecule has 0 radical (unpaired) electrons. The fourth-order valence-electron chi connectivity index (χ4n) is 1.44. The summed E-state index contributed by atoms with van der Waals surface area (Å²) < 4.78 is 25.7. The Balaban J connectivity index is 2.94. The third kappa shape index (κ3) is 4.10. The first-order valence-corrected chi connectivity index (χ1v) is 6.69. The zero-order valence-corrected chi connectivity index (χ0v) is 11.6. The lowest BCUT2D eigenvalue weighted by Crippen LogP contribution is -2.39. The molecule has 2 N–H and O–H groups in total. The molecular weight excluding hydrogens is 276 g/mol. The first-order valence-electron chi connectivity index (χ1n) is 5.47. The first-order chi connectivity index (χ1) is 8.80. The molecule has 1 heterocycles. The van der Waals surface area contributed by atoms with Crippen LogP contribution < -0.4 is 5.32 Å². The summed E-state index contributed by atoms with van der Waals surface area (Å²) in [6.45, 7) is 1.07. The molecule has 0 aliphatic heterocycles. The van der Waals surface area contributed by atoms with Gasteiger partial charge in [-0.3, -0.25) is 4.79 Å². The van der Waals surface area contributed by atoms with E-state index in [0.717, 1.165) is 0 Å². The molecule has 5 nitrogen and oxygen atoms in total. The quantitative estimate of drug-likeness (QED) is 0.629. The molecule has 0 unspecified atom stereocenters. The van der Waals surface area contributed by atoms with Crippen LogP contribution in [0, 0.1) is 13.8 Å². The van der Waals surface area contributed by atoms with E-state index in [2.05, 4.69) is 15.3 Å². The predicted molar refractivity (Wildman–Crippen MR) is 67.7 cm³/mol. The number of amides is 1. The number of aryl methyl sites for hydroxylation is 2. The Hall–Kier alpha value is -1.28. The van der Waals surface area contributed by atoms with Crippen LogP contribution in [0.4, 0.5) is 8.78 Å². The van der Waals surface area contributed by atoms with Crippen molar-refractivity contribution in [3.05, 3.63) is 17.1 Å². The number of carbonyl (C=O) groups excluding carboxylic acids is 1. The number of alkyl halides is 2. The molecule has 0 fully saturated rings. The van der Waals surface area contributed by atoms with Crippen molar-refractivity contribution in [2.75, 3.05) is 19.4 Å². The molecule has 0 aromatic carbocycles. The molecule has 1 aromatic rings. The maximum Gasteiger partial charge on any atom is 0.287 e. The predicted octanol–water partition coefficient (Wildman–Crippen LogP) is 1.17. The van der Waals surface area contributed by atoms with Crippen molar-refractivity contribution in [2.24, 2.45) is 0 Å². The fourth-order valence-corrected chi connectivity index (χ4v) is 2.11. The van der Waals surface area contributed by atoms with E-state index in [1.165, 1.54) is 11.8 Å². The van der Waals surface area contributed by atoms with Gasteiger partial charge in [-0.2, -0.15) is 0 Å². The van der Waals surface area contributed by atoms with Crippen molar-refractivity contribution >= 4 is 17.7 Å². The maximum atomic E-state index is 12.9. The fraction of sp³-hybridized carbons (Fsp3) is 0.545. The zero-order valence-electron chi connectivity index (χ0n) is 10.8. The van der Waals surface area contributed by atoms with Crippen LogP contribution in [-0.2, 0) is 0 Å². The molecule has 0 saturated carbocycles. The summed E-state index contributed by atoms with van der Waals surface area (Å²) in [6, 6.07) is 0. The van der Waals surface area contributed by atoms with Crippen molar-refractivity contribution in [2.45, 2.75) is 24.8 Å². The highest BCUT2D eigenvalue weighted by Crippen LogP contribution is 2.20. The van der Waals surface area contributed by atoms with Crippen molar-refractivity contribution in [3.63, 3.8) is 0 Å². The summed E-state index contributed by atoms with van der Waals surface area (Å²) in [6.07, 6.45) is 1.74. The van der Waals surface area contributed by atoms with E-state index in [1.54, 1.807) is 20.1 Å². The van der Waals surface area contributed by atoms with E-state index >= 15 is 0 Å². The van der Waals surface area contributed by atoms with Gasteiger partial charge in [0.2, 0.25) is 0 Å². The zero-order chi connectivity index (χ0) is 14.6. The number of nitrogens with zero attached hydrogens (tertiary/aromatic N) is 2. The van der Waals surface area contributed by atoms with Gasteiger partial charge < -0.3 is 10.4 Å². The highest BCUT2D eigenvalue weighted by Gasteiger charge is 2.29. The number of rotatable bonds is 5. The SMILES string of the molecule is CSc1nc(C)nc(C)c1C(=O)NCC(F)(F)CO.